The van der Waals surface area contributed by atoms with Gasteiger partial charge in [-0.1, -0.05) is 24.3 Å². The Kier molecular flexibility index (Phi) is 3.31. The van der Waals surface area contributed by atoms with E-state index in [4.69, 9.17) is 4.74 Å². The molecule has 0 unspecified atom stereocenters. The molecular weight excluding hydrogens is 168 g/mol. The van der Waals surface area contributed by atoms with Crippen molar-refractivity contribution in [3.8, 4) is 0 Å². The number of hydrogen-bond donors (Lipinski definition) is 1. The Bertz CT molecular complexity index is 271. The molecular formula is C10H12O3. The lowest BCUT2D eigenvalue weighted by Crippen LogP contribution is -2.05. The number of carbonyl (C=O) groups excluding carboxylic acids is 1. The topological polar surface area (TPSA) is 46.5 Å². The molecule has 0 heterocycles. The fraction of sp³-hybridized carbons (Fsp3) is 0.300. The third-order valence-corrected chi connectivity index (χ3v) is 1.61. The minimum atomic E-state index is -0.402. The summed E-state index contributed by atoms with van der Waals surface area (Å²) in [6.45, 7) is 2.07. The molecule has 70 valence electrons. The van der Waals surface area contributed by atoms with E-state index in [1.807, 2.05) is 0 Å². The first-order valence-electron chi connectivity index (χ1n) is 4.16. The van der Waals surface area contributed by atoms with Crippen molar-refractivity contribution in [3.63, 3.8) is 0 Å². The van der Waals surface area contributed by atoms with Crippen LogP contribution in [0.1, 0.15) is 13.3 Å². The van der Waals surface area contributed by atoms with Crippen molar-refractivity contribution in [2.45, 2.75) is 13.3 Å². The van der Waals surface area contributed by atoms with Gasteiger partial charge in [-0.25, -0.2) is 0 Å². The summed E-state index contributed by atoms with van der Waals surface area (Å²) < 4.78 is 4.69. The molecule has 0 atom stereocenters. The standard InChI is InChI=1S/C10H12O3/c1-2-13-10(12)7-9(11)8-5-3-4-6-8/h3-6,11H,2,7H2,1H3. The molecule has 1 rings (SSSR count). The fourth-order valence-corrected chi connectivity index (χ4v) is 1.02. The monoisotopic (exact) mass is 180 g/mol. The van der Waals surface area contributed by atoms with Crippen LogP contribution in [0.2, 0.25) is 0 Å². The lowest BCUT2D eigenvalue weighted by molar-refractivity contribution is -0.142. The normalized spacial score (nSPS) is 13.5. The van der Waals surface area contributed by atoms with Gasteiger partial charge in [-0.2, -0.15) is 0 Å². The van der Waals surface area contributed by atoms with E-state index < -0.39 is 5.97 Å². The van der Waals surface area contributed by atoms with Crippen LogP contribution in [0.4, 0.5) is 0 Å². The molecule has 13 heavy (non-hydrogen) atoms. The molecule has 0 saturated carbocycles. The second-order valence-electron chi connectivity index (χ2n) is 2.60. The molecule has 0 aromatic carbocycles. The highest BCUT2D eigenvalue weighted by Crippen LogP contribution is 2.14. The first-order valence-corrected chi connectivity index (χ1v) is 4.16. The second kappa shape index (κ2) is 4.50. The Morgan fingerprint density at radius 1 is 1.46 bits per heavy atom. The Morgan fingerprint density at radius 2 is 2.08 bits per heavy atom. The summed E-state index contributed by atoms with van der Waals surface area (Å²) in [6, 6.07) is 0. The SMILES string of the molecule is CCOC(=O)CC(O)=C1C=CC=C1. The maximum absolute atomic E-state index is 10.9. The minimum absolute atomic E-state index is 0.0577. The molecule has 0 fully saturated rings. The van der Waals surface area contributed by atoms with Crippen LogP contribution < -0.4 is 0 Å². The molecule has 0 spiro atoms. The first-order chi connectivity index (χ1) is 6.24. The van der Waals surface area contributed by atoms with Crippen molar-refractivity contribution < 1.29 is 14.6 Å². The number of aliphatic hydroxyl groups is 1. The third kappa shape index (κ3) is 2.78. The van der Waals surface area contributed by atoms with Gasteiger partial charge in [0, 0.05) is 5.57 Å². The molecule has 0 saturated heterocycles. The van der Waals surface area contributed by atoms with E-state index in [0.29, 0.717) is 12.2 Å². The van der Waals surface area contributed by atoms with E-state index in [9.17, 15) is 9.90 Å². The molecule has 1 N–H and O–H groups in total. The second-order valence-corrected chi connectivity index (χ2v) is 2.60. The molecule has 0 aliphatic heterocycles. The number of ether oxygens (including phenoxy) is 1. The number of hydrogen-bond acceptors (Lipinski definition) is 3. The van der Waals surface area contributed by atoms with Crippen molar-refractivity contribution in [1.29, 1.82) is 0 Å². The van der Waals surface area contributed by atoms with Gasteiger partial charge >= 0.3 is 5.97 Å². The van der Waals surface area contributed by atoms with Crippen molar-refractivity contribution in [2.24, 2.45) is 0 Å². The zero-order valence-electron chi connectivity index (χ0n) is 7.49. The van der Waals surface area contributed by atoms with Gasteiger partial charge in [0.25, 0.3) is 0 Å². The summed E-state index contributed by atoms with van der Waals surface area (Å²) in [5, 5.41) is 9.42. The van der Waals surface area contributed by atoms with Crippen LogP contribution >= 0.6 is 0 Å². The van der Waals surface area contributed by atoms with Gasteiger partial charge in [-0.05, 0) is 6.92 Å². The molecule has 1 aliphatic rings. The predicted molar refractivity (Wildman–Crippen MR) is 49.2 cm³/mol. The van der Waals surface area contributed by atoms with Crippen LogP contribution in [-0.2, 0) is 9.53 Å². The molecule has 0 radical (unpaired) electrons. The third-order valence-electron chi connectivity index (χ3n) is 1.61. The molecule has 0 aromatic heterocycles. The first kappa shape index (κ1) is 9.58. The van der Waals surface area contributed by atoms with E-state index in [0.717, 1.165) is 0 Å². The molecule has 0 amide bonds. The van der Waals surface area contributed by atoms with E-state index in [1.54, 1.807) is 31.2 Å². The van der Waals surface area contributed by atoms with Crippen molar-refractivity contribution in [2.75, 3.05) is 6.61 Å². The highest BCUT2D eigenvalue weighted by atomic mass is 16.5. The van der Waals surface area contributed by atoms with Gasteiger partial charge in [-0.3, -0.25) is 4.79 Å². The minimum Gasteiger partial charge on any atom is -0.511 e. The molecule has 0 bridgehead atoms. The summed E-state index contributed by atoms with van der Waals surface area (Å²) in [7, 11) is 0. The van der Waals surface area contributed by atoms with E-state index in [1.165, 1.54) is 0 Å². The molecule has 3 nitrogen and oxygen atoms in total. The van der Waals surface area contributed by atoms with Gasteiger partial charge in [0.2, 0.25) is 0 Å². The van der Waals surface area contributed by atoms with Crippen molar-refractivity contribution in [1.82, 2.24) is 0 Å². The Labute approximate surface area is 77.0 Å². The van der Waals surface area contributed by atoms with E-state index in [2.05, 4.69) is 0 Å². The Hall–Kier alpha value is -1.51. The van der Waals surface area contributed by atoms with Crippen LogP contribution in [0.15, 0.2) is 35.6 Å². The maximum atomic E-state index is 10.9. The summed E-state index contributed by atoms with van der Waals surface area (Å²) in [5.74, 6) is -0.343. The largest absolute Gasteiger partial charge is 0.511 e. The lowest BCUT2D eigenvalue weighted by atomic mass is 10.2. The van der Waals surface area contributed by atoms with Crippen LogP contribution in [0.25, 0.3) is 0 Å². The number of aliphatic hydroxyl groups excluding tert-OH is 1. The smallest absolute Gasteiger partial charge is 0.313 e. The van der Waals surface area contributed by atoms with Gasteiger partial charge in [-0.15, -0.1) is 0 Å². The van der Waals surface area contributed by atoms with Crippen LogP contribution in [0.3, 0.4) is 0 Å². The van der Waals surface area contributed by atoms with Crippen molar-refractivity contribution >= 4 is 5.97 Å². The van der Waals surface area contributed by atoms with Crippen LogP contribution in [0.5, 0.6) is 0 Å². The summed E-state index contributed by atoms with van der Waals surface area (Å²) in [6.07, 6.45) is 7.04. The average Bonchev–Trinajstić information content (AvgIpc) is 2.55. The Balaban J connectivity index is 2.54. The summed E-state index contributed by atoms with van der Waals surface area (Å²) in [5.41, 5.74) is 0.674. The number of esters is 1. The molecule has 0 aromatic rings. The number of carbonyl (C=O) groups is 1. The lowest BCUT2D eigenvalue weighted by Gasteiger charge is -2.02. The van der Waals surface area contributed by atoms with Crippen LogP contribution in [0, 0.1) is 0 Å². The summed E-state index contributed by atoms with van der Waals surface area (Å²) >= 11 is 0. The van der Waals surface area contributed by atoms with Crippen molar-refractivity contribution in [3.05, 3.63) is 35.6 Å². The fourth-order valence-electron chi connectivity index (χ4n) is 1.02. The quantitative estimate of drug-likeness (QED) is 0.532. The van der Waals surface area contributed by atoms with Gasteiger partial charge in [0.15, 0.2) is 0 Å². The average molecular weight is 180 g/mol. The van der Waals surface area contributed by atoms with Crippen LogP contribution in [-0.4, -0.2) is 17.7 Å². The maximum Gasteiger partial charge on any atom is 0.313 e. The van der Waals surface area contributed by atoms with E-state index >= 15 is 0 Å². The predicted octanol–water partition coefficient (Wildman–Crippen LogP) is 1.88. The van der Waals surface area contributed by atoms with E-state index in [-0.39, 0.29) is 12.2 Å². The van der Waals surface area contributed by atoms with Gasteiger partial charge in [0.1, 0.15) is 12.2 Å². The zero-order chi connectivity index (χ0) is 9.68. The van der Waals surface area contributed by atoms with Gasteiger partial charge < -0.3 is 9.84 Å². The Morgan fingerprint density at radius 3 is 2.62 bits per heavy atom. The highest BCUT2D eigenvalue weighted by Gasteiger charge is 2.08. The number of rotatable bonds is 3. The summed E-state index contributed by atoms with van der Waals surface area (Å²) in [4.78, 5) is 10.9. The number of allylic oxidation sites excluding steroid dienone is 5. The molecule has 3 heteroatoms. The zero-order valence-corrected chi connectivity index (χ0v) is 7.49. The molecule has 1 aliphatic carbocycles. The van der Waals surface area contributed by atoms with Gasteiger partial charge in [0.05, 0.1) is 6.61 Å². The highest BCUT2D eigenvalue weighted by molar-refractivity contribution is 5.72.